The van der Waals surface area contributed by atoms with Crippen molar-refractivity contribution in [3.05, 3.63) is 75.5 Å². The molecule has 0 aliphatic heterocycles. The van der Waals surface area contributed by atoms with Gasteiger partial charge in [-0.1, -0.05) is 16.8 Å². The SMILES string of the molecule is COc1ccc(Cl)cc1-c1noc(-c2ccc(COc3ccc([N+](=O)[O-])cc3)o2)n1. The number of aromatic nitrogens is 2. The van der Waals surface area contributed by atoms with Crippen LogP contribution in [-0.2, 0) is 6.61 Å². The van der Waals surface area contributed by atoms with E-state index in [0.717, 1.165) is 0 Å². The highest BCUT2D eigenvalue weighted by Crippen LogP contribution is 2.32. The van der Waals surface area contributed by atoms with Crippen molar-refractivity contribution in [1.82, 2.24) is 10.1 Å². The van der Waals surface area contributed by atoms with Crippen LogP contribution < -0.4 is 9.47 Å². The highest BCUT2D eigenvalue weighted by Gasteiger charge is 2.17. The van der Waals surface area contributed by atoms with Gasteiger partial charge in [0.2, 0.25) is 5.82 Å². The minimum Gasteiger partial charge on any atom is -0.496 e. The Hall–Kier alpha value is -3.85. The van der Waals surface area contributed by atoms with Gasteiger partial charge in [0.15, 0.2) is 5.76 Å². The maximum atomic E-state index is 10.7. The molecule has 0 N–H and O–H groups in total. The van der Waals surface area contributed by atoms with Gasteiger partial charge in [0.05, 0.1) is 17.6 Å². The highest BCUT2D eigenvalue weighted by molar-refractivity contribution is 6.30. The highest BCUT2D eigenvalue weighted by atomic mass is 35.5. The Labute approximate surface area is 174 Å². The molecule has 30 heavy (non-hydrogen) atoms. The van der Waals surface area contributed by atoms with Crippen molar-refractivity contribution in [2.75, 3.05) is 7.11 Å². The molecule has 0 aliphatic carbocycles. The van der Waals surface area contributed by atoms with Gasteiger partial charge in [-0.3, -0.25) is 10.1 Å². The third-order valence-electron chi connectivity index (χ3n) is 4.13. The average Bonchev–Trinajstić information content (AvgIpc) is 3.42. The van der Waals surface area contributed by atoms with E-state index < -0.39 is 4.92 Å². The fourth-order valence-electron chi connectivity index (χ4n) is 2.68. The summed E-state index contributed by atoms with van der Waals surface area (Å²) in [4.78, 5) is 14.6. The van der Waals surface area contributed by atoms with Gasteiger partial charge in [0.1, 0.15) is 23.9 Å². The molecule has 2 heterocycles. The van der Waals surface area contributed by atoms with E-state index in [1.165, 1.54) is 31.4 Å². The first-order valence-corrected chi connectivity index (χ1v) is 9.05. The molecule has 0 bridgehead atoms. The second-order valence-corrected chi connectivity index (χ2v) is 6.51. The van der Waals surface area contributed by atoms with E-state index in [2.05, 4.69) is 10.1 Å². The van der Waals surface area contributed by atoms with Crippen LogP contribution in [0.5, 0.6) is 11.5 Å². The first kappa shape index (κ1) is 19.5. The van der Waals surface area contributed by atoms with E-state index in [4.69, 9.17) is 30.0 Å². The van der Waals surface area contributed by atoms with Gasteiger partial charge in [0, 0.05) is 17.2 Å². The Morgan fingerprint density at radius 2 is 1.93 bits per heavy atom. The molecule has 0 amide bonds. The molecule has 152 valence electrons. The molecule has 4 aromatic rings. The minimum atomic E-state index is -0.472. The molecule has 4 rings (SSSR count). The topological polar surface area (TPSA) is 114 Å². The fraction of sp³-hybridized carbons (Fsp3) is 0.100. The largest absolute Gasteiger partial charge is 0.496 e. The number of hydrogen-bond acceptors (Lipinski definition) is 8. The molecular formula is C20H14ClN3O6. The summed E-state index contributed by atoms with van der Waals surface area (Å²) in [7, 11) is 1.54. The van der Waals surface area contributed by atoms with E-state index in [9.17, 15) is 10.1 Å². The van der Waals surface area contributed by atoms with Crippen molar-refractivity contribution < 1.29 is 23.3 Å². The monoisotopic (exact) mass is 427 g/mol. The van der Waals surface area contributed by atoms with Gasteiger partial charge >= 0.3 is 0 Å². The summed E-state index contributed by atoms with van der Waals surface area (Å²) in [6, 6.07) is 14.3. The van der Waals surface area contributed by atoms with Crippen LogP contribution in [-0.4, -0.2) is 22.2 Å². The van der Waals surface area contributed by atoms with Gasteiger partial charge in [-0.05, 0) is 42.5 Å². The van der Waals surface area contributed by atoms with E-state index in [-0.39, 0.29) is 18.2 Å². The number of benzene rings is 2. The van der Waals surface area contributed by atoms with Crippen molar-refractivity contribution in [3.8, 4) is 34.5 Å². The van der Waals surface area contributed by atoms with Gasteiger partial charge in [-0.15, -0.1) is 0 Å². The zero-order chi connectivity index (χ0) is 21.1. The minimum absolute atomic E-state index is 0.00818. The molecule has 2 aromatic heterocycles. The van der Waals surface area contributed by atoms with E-state index in [0.29, 0.717) is 39.4 Å². The summed E-state index contributed by atoms with van der Waals surface area (Å²) in [5.41, 5.74) is 0.583. The van der Waals surface area contributed by atoms with Crippen molar-refractivity contribution in [3.63, 3.8) is 0 Å². The predicted molar refractivity (Wildman–Crippen MR) is 106 cm³/mol. The fourth-order valence-corrected chi connectivity index (χ4v) is 2.85. The Morgan fingerprint density at radius 1 is 1.13 bits per heavy atom. The molecular weight excluding hydrogens is 414 g/mol. The van der Waals surface area contributed by atoms with Crippen LogP contribution >= 0.6 is 11.6 Å². The Morgan fingerprint density at radius 3 is 2.67 bits per heavy atom. The normalized spacial score (nSPS) is 10.7. The molecule has 0 radical (unpaired) electrons. The summed E-state index contributed by atoms with van der Waals surface area (Å²) in [5, 5.41) is 15.2. The molecule has 0 saturated heterocycles. The number of ether oxygens (including phenoxy) is 2. The van der Waals surface area contributed by atoms with Crippen LogP contribution in [0, 0.1) is 10.1 Å². The van der Waals surface area contributed by atoms with Crippen molar-refractivity contribution in [1.29, 1.82) is 0 Å². The number of furan rings is 1. The first-order valence-electron chi connectivity index (χ1n) is 8.67. The second kappa shape index (κ2) is 8.26. The lowest BCUT2D eigenvalue weighted by atomic mass is 10.2. The number of rotatable bonds is 7. The molecule has 9 nitrogen and oxygen atoms in total. The van der Waals surface area contributed by atoms with E-state index in [1.807, 2.05) is 0 Å². The molecule has 2 aromatic carbocycles. The molecule has 0 spiro atoms. The van der Waals surface area contributed by atoms with Crippen LogP contribution in [0.15, 0.2) is 63.5 Å². The number of nitro groups is 1. The lowest BCUT2D eigenvalue weighted by Crippen LogP contribution is -1.94. The van der Waals surface area contributed by atoms with Crippen LogP contribution in [0.1, 0.15) is 5.76 Å². The Kier molecular flexibility index (Phi) is 5.36. The summed E-state index contributed by atoms with van der Waals surface area (Å²) in [6.45, 7) is 0.126. The molecule has 0 fully saturated rings. The van der Waals surface area contributed by atoms with E-state index >= 15 is 0 Å². The van der Waals surface area contributed by atoms with Crippen LogP contribution in [0.2, 0.25) is 5.02 Å². The number of non-ortho nitro benzene ring substituents is 1. The van der Waals surface area contributed by atoms with Gasteiger partial charge in [-0.2, -0.15) is 4.98 Å². The van der Waals surface area contributed by atoms with Crippen molar-refractivity contribution in [2.45, 2.75) is 6.61 Å². The molecule has 0 atom stereocenters. The molecule has 0 aliphatic rings. The van der Waals surface area contributed by atoms with Crippen molar-refractivity contribution >= 4 is 17.3 Å². The predicted octanol–water partition coefficient (Wildman–Crippen LogP) is 5.15. The third-order valence-corrected chi connectivity index (χ3v) is 4.36. The Balaban J connectivity index is 1.47. The average molecular weight is 428 g/mol. The smallest absolute Gasteiger partial charge is 0.293 e. The van der Waals surface area contributed by atoms with Gasteiger partial charge < -0.3 is 18.4 Å². The second-order valence-electron chi connectivity index (χ2n) is 6.07. The standard InChI is InChI=1S/C20H14ClN3O6/c1-27-17-8-2-12(21)10-16(17)19-22-20(30-23-19)18-9-7-15(29-18)11-28-14-5-3-13(4-6-14)24(25)26/h2-10H,11H2,1H3. The third kappa shape index (κ3) is 4.11. The van der Waals surface area contributed by atoms with Crippen LogP contribution in [0.25, 0.3) is 23.0 Å². The summed E-state index contributed by atoms with van der Waals surface area (Å²) < 4.78 is 21.9. The first-order chi connectivity index (χ1) is 14.5. The maximum Gasteiger partial charge on any atom is 0.293 e. The van der Waals surface area contributed by atoms with Gasteiger partial charge in [-0.25, -0.2) is 0 Å². The summed E-state index contributed by atoms with van der Waals surface area (Å²) in [6.07, 6.45) is 0. The zero-order valence-corrected chi connectivity index (χ0v) is 16.3. The van der Waals surface area contributed by atoms with Gasteiger partial charge in [0.25, 0.3) is 11.6 Å². The number of methoxy groups -OCH3 is 1. The molecule has 0 unspecified atom stereocenters. The lowest BCUT2D eigenvalue weighted by molar-refractivity contribution is -0.384. The number of hydrogen-bond donors (Lipinski definition) is 0. The van der Waals surface area contributed by atoms with Crippen molar-refractivity contribution in [2.24, 2.45) is 0 Å². The van der Waals surface area contributed by atoms with Crippen LogP contribution in [0.4, 0.5) is 5.69 Å². The lowest BCUT2D eigenvalue weighted by Gasteiger charge is -2.04. The number of nitro benzene ring substituents is 1. The molecule has 0 saturated carbocycles. The van der Waals surface area contributed by atoms with E-state index in [1.54, 1.807) is 30.3 Å². The maximum absolute atomic E-state index is 10.7. The Bertz CT molecular complexity index is 1190. The number of nitrogens with zero attached hydrogens (tertiary/aromatic N) is 3. The van der Waals surface area contributed by atoms with Crippen LogP contribution in [0.3, 0.4) is 0 Å². The summed E-state index contributed by atoms with van der Waals surface area (Å²) >= 11 is 6.05. The quantitative estimate of drug-likeness (QED) is 0.294. The molecule has 10 heteroatoms. The number of halogens is 1. The summed E-state index contributed by atoms with van der Waals surface area (Å²) in [5.74, 6) is 2.42. The zero-order valence-electron chi connectivity index (χ0n) is 15.6.